The molecule has 0 heterocycles. The van der Waals surface area contributed by atoms with Gasteiger partial charge in [0.05, 0.1) is 17.8 Å². The molecule has 112 valence electrons. The van der Waals surface area contributed by atoms with Crippen molar-refractivity contribution >= 4 is 17.3 Å². The Morgan fingerprint density at radius 1 is 1.19 bits per heavy atom. The fourth-order valence-electron chi connectivity index (χ4n) is 2.12. The third-order valence-electron chi connectivity index (χ3n) is 3.36. The number of halogens is 2. The second-order valence-electron chi connectivity index (χ2n) is 5.06. The average Bonchev–Trinajstić information content (AvgIpc) is 2.49. The van der Waals surface area contributed by atoms with E-state index in [1.54, 1.807) is 13.2 Å². The number of aryl methyl sites for hydroxylation is 1. The van der Waals surface area contributed by atoms with Gasteiger partial charge < -0.3 is 10.1 Å². The van der Waals surface area contributed by atoms with Crippen LogP contribution in [0.1, 0.15) is 18.9 Å². The van der Waals surface area contributed by atoms with Crippen LogP contribution < -0.4 is 10.1 Å². The first-order valence-corrected chi connectivity index (χ1v) is 7.31. The molecule has 1 N–H and O–H groups in total. The molecule has 0 saturated heterocycles. The minimum Gasteiger partial charge on any atom is -0.497 e. The zero-order valence-corrected chi connectivity index (χ0v) is 13.0. The second-order valence-corrected chi connectivity index (χ2v) is 5.46. The van der Waals surface area contributed by atoms with Crippen LogP contribution in [0.15, 0.2) is 42.5 Å². The van der Waals surface area contributed by atoms with Crippen molar-refractivity contribution in [1.29, 1.82) is 0 Å². The van der Waals surface area contributed by atoms with Crippen molar-refractivity contribution in [3.05, 3.63) is 58.9 Å². The molecule has 2 aromatic carbocycles. The van der Waals surface area contributed by atoms with Crippen LogP contribution in [0.3, 0.4) is 0 Å². The smallest absolute Gasteiger partial charge is 0.125 e. The van der Waals surface area contributed by atoms with Gasteiger partial charge in [-0.2, -0.15) is 0 Å². The van der Waals surface area contributed by atoms with Crippen LogP contribution in [0, 0.1) is 5.82 Å². The Bertz CT molecular complexity index is 586. The molecule has 1 atom stereocenters. The summed E-state index contributed by atoms with van der Waals surface area (Å²) in [7, 11) is 1.66. The van der Waals surface area contributed by atoms with E-state index in [4.69, 9.17) is 16.3 Å². The van der Waals surface area contributed by atoms with Gasteiger partial charge in [-0.3, -0.25) is 0 Å². The SMILES string of the molecule is COc1ccc(CCC(C)Nc2cc(F)ccc2Cl)cc1. The lowest BCUT2D eigenvalue weighted by Crippen LogP contribution is -2.16. The second kappa shape index (κ2) is 7.32. The maximum atomic E-state index is 13.2. The van der Waals surface area contributed by atoms with E-state index in [0.29, 0.717) is 10.7 Å². The zero-order chi connectivity index (χ0) is 15.2. The summed E-state index contributed by atoms with van der Waals surface area (Å²) in [6.07, 6.45) is 1.87. The summed E-state index contributed by atoms with van der Waals surface area (Å²) >= 11 is 6.05. The molecule has 0 aliphatic carbocycles. The van der Waals surface area contributed by atoms with Crippen LogP contribution in [-0.4, -0.2) is 13.2 Å². The average molecular weight is 308 g/mol. The predicted molar refractivity (Wildman–Crippen MR) is 85.8 cm³/mol. The number of anilines is 1. The van der Waals surface area contributed by atoms with Crippen molar-refractivity contribution < 1.29 is 9.13 Å². The molecule has 21 heavy (non-hydrogen) atoms. The molecule has 0 saturated carbocycles. The molecule has 0 aliphatic rings. The molecule has 0 aliphatic heterocycles. The Hall–Kier alpha value is -1.74. The molecule has 0 bridgehead atoms. The van der Waals surface area contributed by atoms with Crippen molar-refractivity contribution in [3.63, 3.8) is 0 Å². The summed E-state index contributed by atoms with van der Waals surface area (Å²) in [6.45, 7) is 2.06. The summed E-state index contributed by atoms with van der Waals surface area (Å²) in [5.41, 5.74) is 1.88. The summed E-state index contributed by atoms with van der Waals surface area (Å²) in [4.78, 5) is 0. The first-order chi connectivity index (χ1) is 10.1. The summed E-state index contributed by atoms with van der Waals surface area (Å²) in [5, 5.41) is 3.78. The first kappa shape index (κ1) is 15.6. The minimum atomic E-state index is -0.288. The first-order valence-electron chi connectivity index (χ1n) is 6.93. The highest BCUT2D eigenvalue weighted by Gasteiger charge is 2.07. The van der Waals surface area contributed by atoms with Gasteiger partial charge in [0.1, 0.15) is 11.6 Å². The standard InChI is InChI=1S/C17H19ClFNO/c1-12(20-17-11-14(19)7-10-16(17)18)3-4-13-5-8-15(21-2)9-6-13/h5-12,20H,3-4H2,1-2H3. The minimum absolute atomic E-state index is 0.200. The van der Waals surface area contributed by atoms with Crippen molar-refractivity contribution in [3.8, 4) is 5.75 Å². The Labute approximate surface area is 129 Å². The number of benzene rings is 2. The van der Waals surface area contributed by atoms with E-state index in [-0.39, 0.29) is 11.9 Å². The molecule has 0 radical (unpaired) electrons. The third-order valence-corrected chi connectivity index (χ3v) is 3.68. The summed E-state index contributed by atoms with van der Waals surface area (Å²) in [5.74, 6) is 0.570. The molecule has 0 fully saturated rings. The van der Waals surface area contributed by atoms with Crippen molar-refractivity contribution in [1.82, 2.24) is 0 Å². The molecule has 1 unspecified atom stereocenters. The molecule has 0 aromatic heterocycles. The van der Waals surface area contributed by atoms with E-state index in [0.717, 1.165) is 18.6 Å². The Kier molecular flexibility index (Phi) is 5.45. The lowest BCUT2D eigenvalue weighted by molar-refractivity contribution is 0.414. The summed E-state index contributed by atoms with van der Waals surface area (Å²) < 4.78 is 18.3. The van der Waals surface area contributed by atoms with Gasteiger partial charge >= 0.3 is 0 Å². The van der Waals surface area contributed by atoms with Gasteiger partial charge in [-0.1, -0.05) is 23.7 Å². The molecule has 0 spiro atoms. The highest BCUT2D eigenvalue weighted by atomic mass is 35.5. The molecular formula is C17H19ClFNO. The quantitative estimate of drug-likeness (QED) is 0.817. The van der Waals surface area contributed by atoms with E-state index in [1.807, 2.05) is 12.1 Å². The van der Waals surface area contributed by atoms with Crippen LogP contribution in [0.25, 0.3) is 0 Å². The highest BCUT2D eigenvalue weighted by Crippen LogP contribution is 2.24. The van der Waals surface area contributed by atoms with Crippen LogP contribution in [-0.2, 0) is 6.42 Å². The number of rotatable bonds is 6. The molecule has 2 aromatic rings. The van der Waals surface area contributed by atoms with Crippen LogP contribution in [0.2, 0.25) is 5.02 Å². The van der Waals surface area contributed by atoms with Gasteiger partial charge in [-0.25, -0.2) is 4.39 Å². The van der Waals surface area contributed by atoms with Crippen LogP contribution >= 0.6 is 11.6 Å². The number of hydrogen-bond donors (Lipinski definition) is 1. The highest BCUT2D eigenvalue weighted by molar-refractivity contribution is 6.33. The third kappa shape index (κ3) is 4.64. The lowest BCUT2D eigenvalue weighted by atomic mass is 10.1. The van der Waals surface area contributed by atoms with Gasteiger partial charge in [-0.05, 0) is 55.7 Å². The number of nitrogens with one attached hydrogen (secondary N) is 1. The summed E-state index contributed by atoms with van der Waals surface area (Å²) in [6, 6.07) is 12.6. The fraction of sp³-hybridized carbons (Fsp3) is 0.294. The van der Waals surface area contributed by atoms with Crippen molar-refractivity contribution in [2.75, 3.05) is 12.4 Å². The van der Waals surface area contributed by atoms with Gasteiger partial charge in [0.2, 0.25) is 0 Å². The number of methoxy groups -OCH3 is 1. The monoisotopic (exact) mass is 307 g/mol. The lowest BCUT2D eigenvalue weighted by Gasteiger charge is -2.16. The van der Waals surface area contributed by atoms with Gasteiger partial charge in [-0.15, -0.1) is 0 Å². The van der Waals surface area contributed by atoms with E-state index in [9.17, 15) is 4.39 Å². The van der Waals surface area contributed by atoms with Crippen molar-refractivity contribution in [2.45, 2.75) is 25.8 Å². The van der Waals surface area contributed by atoms with Crippen LogP contribution in [0.5, 0.6) is 5.75 Å². The molecule has 2 rings (SSSR count). The van der Waals surface area contributed by atoms with Gasteiger partial charge in [0, 0.05) is 6.04 Å². The predicted octanol–water partition coefficient (Wildman–Crippen LogP) is 4.92. The number of ether oxygens (including phenoxy) is 1. The van der Waals surface area contributed by atoms with Crippen LogP contribution in [0.4, 0.5) is 10.1 Å². The van der Waals surface area contributed by atoms with Crippen molar-refractivity contribution in [2.24, 2.45) is 0 Å². The normalized spacial score (nSPS) is 12.0. The molecule has 0 amide bonds. The maximum Gasteiger partial charge on any atom is 0.125 e. The molecule has 2 nitrogen and oxygen atoms in total. The number of hydrogen-bond acceptors (Lipinski definition) is 2. The van der Waals surface area contributed by atoms with E-state index in [1.165, 1.54) is 17.7 Å². The fourth-order valence-corrected chi connectivity index (χ4v) is 2.29. The maximum absolute atomic E-state index is 13.2. The Balaban J connectivity index is 1.89. The zero-order valence-electron chi connectivity index (χ0n) is 12.2. The van der Waals surface area contributed by atoms with E-state index < -0.39 is 0 Å². The van der Waals surface area contributed by atoms with Gasteiger partial charge in [0.15, 0.2) is 0 Å². The van der Waals surface area contributed by atoms with E-state index >= 15 is 0 Å². The van der Waals surface area contributed by atoms with Gasteiger partial charge in [0.25, 0.3) is 0 Å². The Morgan fingerprint density at radius 3 is 2.57 bits per heavy atom. The largest absolute Gasteiger partial charge is 0.497 e. The molecular weight excluding hydrogens is 289 g/mol. The topological polar surface area (TPSA) is 21.3 Å². The van der Waals surface area contributed by atoms with E-state index in [2.05, 4.69) is 24.4 Å². The Morgan fingerprint density at radius 2 is 1.90 bits per heavy atom. The molecule has 4 heteroatoms.